The van der Waals surface area contributed by atoms with Crippen LogP contribution in [0.15, 0.2) is 17.5 Å². The molecule has 1 fully saturated rings. The maximum Gasteiger partial charge on any atom is 0.0622 e. The second kappa shape index (κ2) is 8.38. The topological polar surface area (TPSA) is 39.5 Å². The predicted octanol–water partition coefficient (Wildman–Crippen LogP) is 2.36. The molecule has 2 heterocycles. The molecule has 20 heavy (non-hydrogen) atoms. The van der Waals surface area contributed by atoms with E-state index in [0.717, 1.165) is 45.8 Å². The first-order valence-electron chi connectivity index (χ1n) is 7.22. The lowest BCUT2D eigenvalue weighted by molar-refractivity contribution is 0.0101. The first kappa shape index (κ1) is 15.5. The van der Waals surface area contributed by atoms with Gasteiger partial charge in [-0.3, -0.25) is 4.90 Å². The molecule has 1 aromatic heterocycles. The number of rotatable bonds is 7. The van der Waals surface area contributed by atoms with Gasteiger partial charge in [0.15, 0.2) is 0 Å². The van der Waals surface area contributed by atoms with Crippen molar-refractivity contribution in [2.75, 3.05) is 46.4 Å². The van der Waals surface area contributed by atoms with Gasteiger partial charge in [-0.2, -0.15) is 5.26 Å². The number of hydrogen-bond acceptors (Lipinski definition) is 5. The molecule has 0 aliphatic carbocycles. The Bertz CT molecular complexity index is 409. The summed E-state index contributed by atoms with van der Waals surface area (Å²) in [6.45, 7) is 5.69. The molecule has 4 nitrogen and oxygen atoms in total. The number of hydrogen-bond donors (Lipinski definition) is 0. The van der Waals surface area contributed by atoms with E-state index in [9.17, 15) is 0 Å². The van der Waals surface area contributed by atoms with E-state index in [0.29, 0.717) is 12.5 Å². The molecule has 5 heteroatoms. The number of nitrogens with zero attached hydrogens (tertiary/aromatic N) is 3. The SMILES string of the molecule is CN(CCCC#N)C[C@@H](c1cccs1)N1CCOCC1. The monoisotopic (exact) mass is 293 g/mol. The van der Waals surface area contributed by atoms with E-state index >= 15 is 0 Å². The highest BCUT2D eigenvalue weighted by Crippen LogP contribution is 2.26. The Morgan fingerprint density at radius 1 is 1.50 bits per heavy atom. The molecule has 1 aliphatic heterocycles. The van der Waals surface area contributed by atoms with Gasteiger partial charge < -0.3 is 9.64 Å². The highest BCUT2D eigenvalue weighted by Gasteiger charge is 2.24. The minimum Gasteiger partial charge on any atom is -0.379 e. The number of likely N-dealkylation sites (N-methyl/N-ethyl adjacent to an activating group) is 1. The van der Waals surface area contributed by atoms with Crippen molar-refractivity contribution in [1.29, 1.82) is 5.26 Å². The lowest BCUT2D eigenvalue weighted by atomic mass is 10.1. The largest absolute Gasteiger partial charge is 0.379 e. The standard InChI is InChI=1S/C15H23N3OS/c1-17(7-3-2-6-16)13-14(15-5-4-12-20-15)18-8-10-19-11-9-18/h4-5,12,14H,2-3,7-11,13H2,1H3/t14-/m0/s1. The molecule has 1 aromatic rings. The van der Waals surface area contributed by atoms with Crippen LogP contribution in [0.2, 0.25) is 0 Å². The maximum absolute atomic E-state index is 8.63. The summed E-state index contributed by atoms with van der Waals surface area (Å²) in [7, 11) is 2.15. The second-order valence-electron chi connectivity index (χ2n) is 5.20. The van der Waals surface area contributed by atoms with Crippen molar-refractivity contribution < 1.29 is 4.74 Å². The summed E-state index contributed by atoms with van der Waals surface area (Å²) in [5.74, 6) is 0. The molecule has 0 aromatic carbocycles. The molecule has 1 atom stereocenters. The van der Waals surface area contributed by atoms with Crippen LogP contribution < -0.4 is 0 Å². The number of morpholine rings is 1. The van der Waals surface area contributed by atoms with Crippen molar-refractivity contribution in [1.82, 2.24) is 9.80 Å². The van der Waals surface area contributed by atoms with Crippen molar-refractivity contribution in [3.05, 3.63) is 22.4 Å². The average molecular weight is 293 g/mol. The number of thiophene rings is 1. The molecule has 0 saturated carbocycles. The van der Waals surface area contributed by atoms with Crippen LogP contribution >= 0.6 is 11.3 Å². The molecule has 1 aliphatic rings. The minimum absolute atomic E-state index is 0.450. The highest BCUT2D eigenvalue weighted by molar-refractivity contribution is 7.10. The summed E-state index contributed by atoms with van der Waals surface area (Å²) in [6.07, 6.45) is 1.60. The Labute approximate surface area is 125 Å². The van der Waals surface area contributed by atoms with Gasteiger partial charge in [0.2, 0.25) is 0 Å². The van der Waals surface area contributed by atoms with Gasteiger partial charge in [-0.05, 0) is 31.5 Å². The Morgan fingerprint density at radius 3 is 2.95 bits per heavy atom. The maximum atomic E-state index is 8.63. The molecule has 1 saturated heterocycles. The van der Waals surface area contributed by atoms with E-state index in [4.69, 9.17) is 10.00 Å². The number of nitriles is 1. The van der Waals surface area contributed by atoms with Crippen LogP contribution in [0.1, 0.15) is 23.8 Å². The van der Waals surface area contributed by atoms with Crippen molar-refractivity contribution in [3.63, 3.8) is 0 Å². The summed E-state index contributed by atoms with van der Waals surface area (Å²) >= 11 is 1.83. The summed E-state index contributed by atoms with van der Waals surface area (Å²) in [5.41, 5.74) is 0. The Morgan fingerprint density at radius 2 is 2.30 bits per heavy atom. The number of ether oxygens (including phenoxy) is 1. The van der Waals surface area contributed by atoms with E-state index in [1.165, 1.54) is 4.88 Å². The fourth-order valence-corrected chi connectivity index (χ4v) is 3.42. The van der Waals surface area contributed by atoms with Crippen LogP contribution in [-0.4, -0.2) is 56.2 Å². The quantitative estimate of drug-likeness (QED) is 0.724. The van der Waals surface area contributed by atoms with E-state index in [1.807, 2.05) is 11.3 Å². The van der Waals surface area contributed by atoms with Crippen molar-refractivity contribution in [2.45, 2.75) is 18.9 Å². The lowest BCUT2D eigenvalue weighted by Gasteiger charge is -2.36. The zero-order valence-corrected chi connectivity index (χ0v) is 12.9. The third-order valence-corrected chi connectivity index (χ3v) is 4.64. The number of unbranched alkanes of at least 4 members (excludes halogenated alkanes) is 1. The normalized spacial score (nSPS) is 18.1. The molecule has 110 valence electrons. The third-order valence-electron chi connectivity index (χ3n) is 3.67. The van der Waals surface area contributed by atoms with Crippen LogP contribution in [0.4, 0.5) is 0 Å². The van der Waals surface area contributed by atoms with E-state index in [2.05, 4.69) is 40.4 Å². The summed E-state index contributed by atoms with van der Waals surface area (Å²) < 4.78 is 5.46. The molecule has 0 radical (unpaired) electrons. The first-order chi connectivity index (χ1) is 9.81. The molecule has 2 rings (SSSR count). The van der Waals surface area contributed by atoms with Gasteiger partial charge in [-0.1, -0.05) is 6.07 Å². The Kier molecular flexibility index (Phi) is 6.48. The minimum atomic E-state index is 0.450. The molecule has 0 amide bonds. The third kappa shape index (κ3) is 4.57. The van der Waals surface area contributed by atoms with Gasteiger partial charge >= 0.3 is 0 Å². The predicted molar refractivity (Wildman–Crippen MR) is 81.8 cm³/mol. The highest BCUT2D eigenvalue weighted by atomic mass is 32.1. The molecular formula is C15H23N3OS. The van der Waals surface area contributed by atoms with Gasteiger partial charge in [0.05, 0.1) is 25.3 Å². The van der Waals surface area contributed by atoms with Gasteiger partial charge in [0.25, 0.3) is 0 Å². The molecule has 0 N–H and O–H groups in total. The van der Waals surface area contributed by atoms with Crippen LogP contribution in [0.3, 0.4) is 0 Å². The van der Waals surface area contributed by atoms with Crippen molar-refractivity contribution in [3.8, 4) is 6.07 Å². The van der Waals surface area contributed by atoms with Gasteiger partial charge in [0.1, 0.15) is 0 Å². The van der Waals surface area contributed by atoms with Crippen molar-refractivity contribution >= 4 is 11.3 Å². The van der Waals surface area contributed by atoms with Gasteiger partial charge in [-0.25, -0.2) is 0 Å². The Hall–Kier alpha value is -0.930. The molecule has 0 bridgehead atoms. The van der Waals surface area contributed by atoms with E-state index in [1.54, 1.807) is 0 Å². The smallest absolute Gasteiger partial charge is 0.0622 e. The molecular weight excluding hydrogens is 270 g/mol. The molecule has 0 unspecified atom stereocenters. The zero-order valence-electron chi connectivity index (χ0n) is 12.1. The zero-order chi connectivity index (χ0) is 14.2. The van der Waals surface area contributed by atoms with Crippen molar-refractivity contribution in [2.24, 2.45) is 0 Å². The van der Waals surface area contributed by atoms with Gasteiger partial charge in [-0.15, -0.1) is 11.3 Å². The molecule has 0 spiro atoms. The fourth-order valence-electron chi connectivity index (χ4n) is 2.57. The second-order valence-corrected chi connectivity index (χ2v) is 6.18. The van der Waals surface area contributed by atoms with Crippen LogP contribution in [0.25, 0.3) is 0 Å². The first-order valence-corrected chi connectivity index (χ1v) is 8.10. The van der Waals surface area contributed by atoms with E-state index in [-0.39, 0.29) is 0 Å². The van der Waals surface area contributed by atoms with Gasteiger partial charge in [0, 0.05) is 30.9 Å². The lowest BCUT2D eigenvalue weighted by Crippen LogP contribution is -2.43. The van der Waals surface area contributed by atoms with Crippen LogP contribution in [0, 0.1) is 11.3 Å². The fraction of sp³-hybridized carbons (Fsp3) is 0.667. The van der Waals surface area contributed by atoms with Crippen LogP contribution in [-0.2, 0) is 4.74 Å². The van der Waals surface area contributed by atoms with Crippen LogP contribution in [0.5, 0.6) is 0 Å². The average Bonchev–Trinajstić information content (AvgIpc) is 3.00. The summed E-state index contributed by atoms with van der Waals surface area (Å²) in [4.78, 5) is 6.30. The van der Waals surface area contributed by atoms with E-state index < -0.39 is 0 Å². The summed E-state index contributed by atoms with van der Waals surface area (Å²) in [5, 5.41) is 10.8. The summed E-state index contributed by atoms with van der Waals surface area (Å²) in [6, 6.07) is 7.02. The Balaban J connectivity index is 1.94.